The predicted molar refractivity (Wildman–Crippen MR) is 75.2 cm³/mol. The molecule has 1 N–H and O–H groups in total. The normalized spacial score (nSPS) is 10.7. The number of methoxy groups -OCH3 is 1. The van der Waals surface area contributed by atoms with Gasteiger partial charge in [-0.1, -0.05) is 13.8 Å². The average Bonchev–Trinajstić information content (AvgIpc) is 2.85. The summed E-state index contributed by atoms with van der Waals surface area (Å²) in [6, 6.07) is 7.76. The van der Waals surface area contributed by atoms with Gasteiger partial charge in [0.05, 0.1) is 7.11 Å². The van der Waals surface area contributed by atoms with Crippen LogP contribution in [0.15, 0.2) is 24.3 Å². The minimum atomic E-state index is 0.596. The van der Waals surface area contributed by atoms with Crippen LogP contribution in [0.25, 0.3) is 11.4 Å². The molecule has 2 rings (SSSR count). The molecule has 1 heterocycles. The number of ether oxygens (including phenoxy) is 1. The zero-order valence-electron chi connectivity index (χ0n) is 10.8. The molecule has 18 heavy (non-hydrogen) atoms. The number of nitrogens with zero attached hydrogens (tertiary/aromatic N) is 2. The van der Waals surface area contributed by atoms with Crippen molar-refractivity contribution in [3.8, 4) is 17.1 Å². The van der Waals surface area contributed by atoms with Crippen molar-refractivity contribution in [2.75, 3.05) is 19.0 Å². The van der Waals surface area contributed by atoms with E-state index < -0.39 is 0 Å². The fourth-order valence-corrected chi connectivity index (χ4v) is 2.04. The largest absolute Gasteiger partial charge is 0.497 e. The van der Waals surface area contributed by atoms with Crippen molar-refractivity contribution in [1.29, 1.82) is 0 Å². The lowest BCUT2D eigenvalue weighted by Gasteiger charge is -2.03. The van der Waals surface area contributed by atoms with Gasteiger partial charge in [-0.2, -0.15) is 9.36 Å². The Morgan fingerprint density at radius 3 is 2.61 bits per heavy atom. The summed E-state index contributed by atoms with van der Waals surface area (Å²) < 4.78 is 9.47. The summed E-state index contributed by atoms with van der Waals surface area (Å²) >= 11 is 1.39. The number of hydrogen-bond acceptors (Lipinski definition) is 5. The van der Waals surface area contributed by atoms with Crippen LogP contribution in [0.3, 0.4) is 0 Å². The maximum atomic E-state index is 5.12. The third-order valence-corrected chi connectivity index (χ3v) is 3.11. The van der Waals surface area contributed by atoms with Crippen molar-refractivity contribution < 1.29 is 4.74 Å². The van der Waals surface area contributed by atoms with Gasteiger partial charge < -0.3 is 10.1 Å². The molecule has 0 aliphatic carbocycles. The third-order valence-electron chi connectivity index (χ3n) is 2.44. The van der Waals surface area contributed by atoms with E-state index in [2.05, 4.69) is 28.5 Å². The Morgan fingerprint density at radius 2 is 2.00 bits per heavy atom. The second-order valence-electron chi connectivity index (χ2n) is 4.43. The van der Waals surface area contributed by atoms with Gasteiger partial charge in [0.15, 0.2) is 5.82 Å². The fourth-order valence-electron chi connectivity index (χ4n) is 1.44. The topological polar surface area (TPSA) is 47.0 Å². The SMILES string of the molecule is COc1ccc(-c2nsc(NCC(C)C)n2)cc1. The van der Waals surface area contributed by atoms with Crippen LogP contribution in [0.4, 0.5) is 5.13 Å². The molecule has 0 amide bonds. The van der Waals surface area contributed by atoms with E-state index in [1.165, 1.54) is 11.5 Å². The van der Waals surface area contributed by atoms with Crippen molar-refractivity contribution in [3.63, 3.8) is 0 Å². The van der Waals surface area contributed by atoms with Crippen LogP contribution in [-0.2, 0) is 0 Å². The Morgan fingerprint density at radius 1 is 1.28 bits per heavy atom. The van der Waals surface area contributed by atoms with Crippen LogP contribution in [-0.4, -0.2) is 23.0 Å². The Hall–Kier alpha value is -1.62. The van der Waals surface area contributed by atoms with Gasteiger partial charge >= 0.3 is 0 Å². The van der Waals surface area contributed by atoms with Gasteiger partial charge in [-0.15, -0.1) is 0 Å². The van der Waals surface area contributed by atoms with Gasteiger partial charge in [0.25, 0.3) is 0 Å². The summed E-state index contributed by atoms with van der Waals surface area (Å²) in [6.07, 6.45) is 0. The monoisotopic (exact) mass is 263 g/mol. The molecule has 0 aliphatic rings. The van der Waals surface area contributed by atoms with Crippen LogP contribution in [0.2, 0.25) is 0 Å². The highest BCUT2D eigenvalue weighted by Crippen LogP contribution is 2.23. The molecule has 0 bridgehead atoms. The highest BCUT2D eigenvalue weighted by Gasteiger charge is 2.06. The number of nitrogens with one attached hydrogen (secondary N) is 1. The summed E-state index contributed by atoms with van der Waals surface area (Å²) in [5.74, 6) is 2.19. The summed E-state index contributed by atoms with van der Waals surface area (Å²) in [5, 5.41) is 4.15. The molecular formula is C13H17N3OS. The highest BCUT2D eigenvalue weighted by atomic mass is 32.1. The van der Waals surface area contributed by atoms with Crippen molar-refractivity contribution in [1.82, 2.24) is 9.36 Å². The molecule has 0 radical (unpaired) electrons. The molecule has 0 aliphatic heterocycles. The van der Waals surface area contributed by atoms with Crippen LogP contribution in [0, 0.1) is 5.92 Å². The van der Waals surface area contributed by atoms with Gasteiger partial charge in [0.1, 0.15) is 5.75 Å². The second kappa shape index (κ2) is 5.82. The first-order valence-corrected chi connectivity index (χ1v) is 6.68. The molecule has 2 aromatic rings. The lowest BCUT2D eigenvalue weighted by molar-refractivity contribution is 0.415. The zero-order valence-corrected chi connectivity index (χ0v) is 11.6. The first kappa shape index (κ1) is 12.8. The highest BCUT2D eigenvalue weighted by molar-refractivity contribution is 7.09. The van der Waals surface area contributed by atoms with Crippen LogP contribution in [0.1, 0.15) is 13.8 Å². The van der Waals surface area contributed by atoms with E-state index in [4.69, 9.17) is 4.74 Å². The number of anilines is 1. The molecule has 0 saturated heterocycles. The minimum Gasteiger partial charge on any atom is -0.497 e. The Labute approximate surface area is 111 Å². The van der Waals surface area contributed by atoms with E-state index in [1.54, 1.807) is 7.11 Å². The van der Waals surface area contributed by atoms with Gasteiger partial charge in [0, 0.05) is 23.6 Å². The standard InChI is InChI=1S/C13H17N3OS/c1-9(2)8-14-13-15-12(16-18-13)10-4-6-11(17-3)7-5-10/h4-7,9H,8H2,1-3H3,(H,14,15,16). The smallest absolute Gasteiger partial charge is 0.202 e. The molecule has 0 atom stereocenters. The lowest BCUT2D eigenvalue weighted by Crippen LogP contribution is -2.07. The maximum Gasteiger partial charge on any atom is 0.202 e. The number of hydrogen-bond donors (Lipinski definition) is 1. The van der Waals surface area contributed by atoms with Crippen LogP contribution in [0.5, 0.6) is 5.75 Å². The van der Waals surface area contributed by atoms with E-state index >= 15 is 0 Å². The second-order valence-corrected chi connectivity index (χ2v) is 5.18. The molecule has 4 nitrogen and oxygen atoms in total. The van der Waals surface area contributed by atoms with Crippen molar-refractivity contribution >= 4 is 16.7 Å². The van der Waals surface area contributed by atoms with Crippen molar-refractivity contribution in [3.05, 3.63) is 24.3 Å². The molecule has 0 saturated carbocycles. The zero-order chi connectivity index (χ0) is 13.0. The van der Waals surface area contributed by atoms with E-state index in [1.807, 2.05) is 24.3 Å². The summed E-state index contributed by atoms with van der Waals surface area (Å²) in [4.78, 5) is 4.46. The molecule has 0 unspecified atom stereocenters. The lowest BCUT2D eigenvalue weighted by atomic mass is 10.2. The molecule has 1 aromatic heterocycles. The number of benzene rings is 1. The van der Waals surface area contributed by atoms with Crippen LogP contribution >= 0.6 is 11.5 Å². The maximum absolute atomic E-state index is 5.12. The number of rotatable bonds is 5. The van der Waals surface area contributed by atoms with Gasteiger partial charge in [-0.05, 0) is 30.2 Å². The third kappa shape index (κ3) is 3.20. The molecule has 1 aromatic carbocycles. The summed E-state index contributed by atoms with van der Waals surface area (Å²) in [6.45, 7) is 5.24. The quantitative estimate of drug-likeness (QED) is 0.899. The van der Waals surface area contributed by atoms with Crippen molar-refractivity contribution in [2.45, 2.75) is 13.8 Å². The van der Waals surface area contributed by atoms with Crippen molar-refractivity contribution in [2.24, 2.45) is 5.92 Å². The molecule has 5 heteroatoms. The van der Waals surface area contributed by atoms with Gasteiger partial charge in [0.2, 0.25) is 5.13 Å². The summed E-state index contributed by atoms with van der Waals surface area (Å²) in [5.41, 5.74) is 1.00. The molecule has 0 fully saturated rings. The van der Waals surface area contributed by atoms with E-state index in [0.717, 1.165) is 28.8 Å². The fraction of sp³-hybridized carbons (Fsp3) is 0.385. The Balaban J connectivity index is 2.08. The van der Waals surface area contributed by atoms with Gasteiger partial charge in [-0.3, -0.25) is 0 Å². The van der Waals surface area contributed by atoms with E-state index in [0.29, 0.717) is 5.92 Å². The Bertz CT molecular complexity index is 493. The molecule has 0 spiro atoms. The van der Waals surface area contributed by atoms with Gasteiger partial charge in [-0.25, -0.2) is 0 Å². The predicted octanol–water partition coefficient (Wildman–Crippen LogP) is 3.28. The molecular weight excluding hydrogens is 246 g/mol. The Kier molecular flexibility index (Phi) is 4.15. The summed E-state index contributed by atoms with van der Waals surface area (Å²) in [7, 11) is 1.66. The van der Waals surface area contributed by atoms with Crippen LogP contribution < -0.4 is 10.1 Å². The van der Waals surface area contributed by atoms with E-state index in [-0.39, 0.29) is 0 Å². The average molecular weight is 263 g/mol. The van der Waals surface area contributed by atoms with E-state index in [9.17, 15) is 0 Å². The number of aromatic nitrogens is 2. The first-order chi connectivity index (χ1) is 8.69. The first-order valence-electron chi connectivity index (χ1n) is 5.91. The molecule has 96 valence electrons. The minimum absolute atomic E-state index is 0.596.